The molecule has 5 heteroatoms. The van der Waals surface area contributed by atoms with Crippen LogP contribution in [0.2, 0.25) is 0 Å². The second-order valence-electron chi connectivity index (χ2n) is 7.04. The quantitative estimate of drug-likeness (QED) is 0.708. The third-order valence-electron chi connectivity index (χ3n) is 4.06. The highest BCUT2D eigenvalue weighted by Crippen LogP contribution is 2.36. The van der Waals surface area contributed by atoms with Crippen LogP contribution in [0.4, 0.5) is 0 Å². The van der Waals surface area contributed by atoms with Crippen molar-refractivity contribution >= 4 is 11.9 Å². The maximum absolute atomic E-state index is 11.8. The van der Waals surface area contributed by atoms with E-state index < -0.39 is 23.8 Å². The number of methoxy groups -OCH3 is 1. The van der Waals surface area contributed by atoms with E-state index in [1.54, 1.807) is 18.2 Å². The first-order chi connectivity index (χ1) is 11.2. The number of aliphatic carboxylic acids is 2. The summed E-state index contributed by atoms with van der Waals surface area (Å²) in [5, 5.41) is 19.3. The highest BCUT2D eigenvalue weighted by molar-refractivity contribution is 5.81. The Morgan fingerprint density at radius 2 is 1.38 bits per heavy atom. The minimum atomic E-state index is -0.938. The number of hydrogen-bond donors (Lipinski definition) is 2. The van der Waals surface area contributed by atoms with Gasteiger partial charge in [-0.3, -0.25) is 9.59 Å². The molecule has 0 amide bonds. The zero-order valence-corrected chi connectivity index (χ0v) is 15.1. The van der Waals surface area contributed by atoms with Crippen molar-refractivity contribution in [1.29, 1.82) is 0 Å². The Balaban J connectivity index is 3.47. The van der Waals surface area contributed by atoms with Crippen molar-refractivity contribution < 1.29 is 24.5 Å². The summed E-state index contributed by atoms with van der Waals surface area (Å²) < 4.78 is 5.23. The van der Waals surface area contributed by atoms with E-state index in [9.17, 15) is 19.8 Å². The molecule has 0 saturated heterocycles. The topological polar surface area (TPSA) is 83.8 Å². The molecule has 0 bridgehead atoms. The highest BCUT2D eigenvalue weighted by atomic mass is 16.5. The lowest BCUT2D eigenvalue weighted by molar-refractivity contribution is -0.140. The normalized spacial score (nSPS) is 13.8. The summed E-state index contributed by atoms with van der Waals surface area (Å²) in [7, 11) is 1.51. The molecule has 1 rings (SSSR count). The van der Waals surface area contributed by atoms with Gasteiger partial charge in [0.05, 0.1) is 18.9 Å². The minimum absolute atomic E-state index is 0.179. The van der Waals surface area contributed by atoms with Crippen LogP contribution in [0, 0.1) is 11.8 Å². The molecule has 1 aromatic carbocycles. The second-order valence-corrected chi connectivity index (χ2v) is 7.04. The molecule has 0 saturated carbocycles. The molecule has 0 aromatic heterocycles. The number of carbonyl (C=O) groups is 2. The van der Waals surface area contributed by atoms with Gasteiger partial charge in [-0.1, -0.05) is 33.8 Å². The van der Waals surface area contributed by atoms with Crippen molar-refractivity contribution in [3.63, 3.8) is 0 Å². The van der Waals surface area contributed by atoms with Crippen LogP contribution in [0.15, 0.2) is 18.2 Å². The van der Waals surface area contributed by atoms with E-state index in [-0.39, 0.29) is 11.8 Å². The lowest BCUT2D eigenvalue weighted by Crippen LogP contribution is -2.21. The number of ether oxygens (including phenoxy) is 1. The molecule has 0 fully saturated rings. The summed E-state index contributed by atoms with van der Waals surface area (Å²) in [6.45, 7) is 7.83. The molecule has 2 unspecified atom stereocenters. The van der Waals surface area contributed by atoms with Crippen LogP contribution in [0.5, 0.6) is 5.75 Å². The second kappa shape index (κ2) is 8.71. The highest BCUT2D eigenvalue weighted by Gasteiger charge is 2.30. The molecule has 5 nitrogen and oxygen atoms in total. The van der Waals surface area contributed by atoms with Crippen molar-refractivity contribution in [2.45, 2.75) is 52.4 Å². The molecule has 0 aliphatic rings. The molecular weight excluding hydrogens is 308 g/mol. The minimum Gasteiger partial charge on any atom is -0.497 e. The lowest BCUT2D eigenvalue weighted by Gasteiger charge is -2.24. The van der Waals surface area contributed by atoms with Crippen LogP contribution in [-0.4, -0.2) is 29.3 Å². The number of rotatable bonds is 9. The molecule has 2 atom stereocenters. The first-order valence-electron chi connectivity index (χ1n) is 8.30. The fourth-order valence-electron chi connectivity index (χ4n) is 2.96. The molecule has 1 aromatic rings. The Morgan fingerprint density at radius 3 is 1.75 bits per heavy atom. The van der Waals surface area contributed by atoms with Gasteiger partial charge in [-0.2, -0.15) is 0 Å². The molecule has 0 spiro atoms. The van der Waals surface area contributed by atoms with Crippen LogP contribution in [-0.2, 0) is 9.59 Å². The van der Waals surface area contributed by atoms with Crippen LogP contribution < -0.4 is 4.74 Å². The maximum Gasteiger partial charge on any atom is 0.310 e. The Bertz CT molecular complexity index is 577. The van der Waals surface area contributed by atoms with E-state index in [0.717, 1.165) is 0 Å². The summed E-state index contributed by atoms with van der Waals surface area (Å²) in [5.41, 5.74) is 1.12. The molecular formula is C19H28O5. The van der Waals surface area contributed by atoms with Gasteiger partial charge in [0.1, 0.15) is 5.75 Å². The van der Waals surface area contributed by atoms with Crippen LogP contribution in [0.25, 0.3) is 0 Å². The van der Waals surface area contributed by atoms with Crippen molar-refractivity contribution in [3.05, 3.63) is 29.3 Å². The van der Waals surface area contributed by atoms with Gasteiger partial charge in [0.2, 0.25) is 0 Å². The summed E-state index contributed by atoms with van der Waals surface area (Å²) in [6, 6.07) is 5.07. The van der Waals surface area contributed by atoms with Crippen LogP contribution in [0.3, 0.4) is 0 Å². The summed E-state index contributed by atoms with van der Waals surface area (Å²) in [4.78, 5) is 23.6. The lowest BCUT2D eigenvalue weighted by atomic mass is 9.81. The number of carboxylic acids is 2. The van der Waals surface area contributed by atoms with E-state index in [1.807, 2.05) is 27.7 Å². The van der Waals surface area contributed by atoms with Crippen LogP contribution >= 0.6 is 0 Å². The van der Waals surface area contributed by atoms with Gasteiger partial charge in [0.25, 0.3) is 0 Å². The van der Waals surface area contributed by atoms with Crippen molar-refractivity contribution in [2.75, 3.05) is 7.11 Å². The largest absolute Gasteiger partial charge is 0.497 e. The Hall–Kier alpha value is -2.04. The van der Waals surface area contributed by atoms with Crippen LogP contribution in [0.1, 0.15) is 63.5 Å². The zero-order valence-electron chi connectivity index (χ0n) is 15.1. The van der Waals surface area contributed by atoms with Crippen molar-refractivity contribution in [2.24, 2.45) is 11.8 Å². The van der Waals surface area contributed by atoms with Gasteiger partial charge in [-0.05, 0) is 47.9 Å². The number of carboxylic acid groups (broad SMARTS) is 2. The zero-order chi connectivity index (χ0) is 18.4. The molecule has 0 aliphatic heterocycles. The summed E-state index contributed by atoms with van der Waals surface area (Å²) >= 11 is 0. The van der Waals surface area contributed by atoms with Gasteiger partial charge in [0.15, 0.2) is 0 Å². The van der Waals surface area contributed by atoms with Gasteiger partial charge < -0.3 is 14.9 Å². The number of benzene rings is 1. The first-order valence-corrected chi connectivity index (χ1v) is 8.30. The third-order valence-corrected chi connectivity index (χ3v) is 4.06. The van der Waals surface area contributed by atoms with Crippen molar-refractivity contribution in [3.8, 4) is 5.75 Å². The predicted molar refractivity (Wildman–Crippen MR) is 92.7 cm³/mol. The monoisotopic (exact) mass is 336 g/mol. The van der Waals surface area contributed by atoms with E-state index in [2.05, 4.69) is 0 Å². The molecule has 2 N–H and O–H groups in total. The molecule has 134 valence electrons. The molecule has 0 radical (unpaired) electrons. The summed E-state index contributed by atoms with van der Waals surface area (Å²) in [5.74, 6) is -2.43. The Kier molecular flexibility index (Phi) is 7.26. The van der Waals surface area contributed by atoms with Gasteiger partial charge in [-0.15, -0.1) is 0 Å². The maximum atomic E-state index is 11.8. The smallest absolute Gasteiger partial charge is 0.310 e. The molecule has 0 heterocycles. The Morgan fingerprint density at radius 1 is 0.917 bits per heavy atom. The van der Waals surface area contributed by atoms with E-state index in [0.29, 0.717) is 29.7 Å². The standard InChI is InChI=1S/C19H28O5/c1-11(2)8-16(18(20)21)14-7-6-13(24-5)10-15(14)17(19(22)23)9-12(3)4/h6-7,10-12,16-17H,8-9H2,1-5H3,(H,20,21)(H,22,23). The predicted octanol–water partition coefficient (Wildman–Crippen LogP) is 4.12. The van der Waals surface area contributed by atoms with E-state index in [1.165, 1.54) is 7.11 Å². The van der Waals surface area contributed by atoms with E-state index in [4.69, 9.17) is 4.74 Å². The fourth-order valence-corrected chi connectivity index (χ4v) is 2.96. The fraction of sp³-hybridized carbons (Fsp3) is 0.579. The molecule has 0 aliphatic carbocycles. The number of hydrogen-bond acceptors (Lipinski definition) is 3. The SMILES string of the molecule is COc1ccc(C(CC(C)C)C(=O)O)c(C(CC(C)C)C(=O)O)c1. The Labute approximate surface area is 143 Å². The van der Waals surface area contributed by atoms with Gasteiger partial charge >= 0.3 is 11.9 Å². The van der Waals surface area contributed by atoms with E-state index >= 15 is 0 Å². The van der Waals surface area contributed by atoms with Gasteiger partial charge in [0, 0.05) is 0 Å². The average Bonchev–Trinajstić information content (AvgIpc) is 2.49. The third kappa shape index (κ3) is 5.25. The summed E-state index contributed by atoms with van der Waals surface area (Å²) in [6.07, 6.45) is 0.909. The average molecular weight is 336 g/mol. The molecule has 24 heavy (non-hydrogen) atoms. The van der Waals surface area contributed by atoms with Crippen molar-refractivity contribution in [1.82, 2.24) is 0 Å². The first kappa shape index (κ1) is 20.0. The van der Waals surface area contributed by atoms with Gasteiger partial charge in [-0.25, -0.2) is 0 Å².